The summed E-state index contributed by atoms with van der Waals surface area (Å²) in [4.78, 5) is 25.4. The van der Waals surface area contributed by atoms with E-state index in [4.69, 9.17) is 13.8 Å². The molecule has 0 spiro atoms. The molecule has 8 nitrogen and oxygen atoms in total. The van der Waals surface area contributed by atoms with E-state index in [1.807, 2.05) is 0 Å². The van der Waals surface area contributed by atoms with Crippen LogP contribution >= 0.6 is 7.60 Å². The molecule has 1 aromatic heterocycles. The Bertz CT molecular complexity index is 658. The lowest BCUT2D eigenvalue weighted by molar-refractivity contribution is 0.00695. The minimum absolute atomic E-state index is 0.133. The first kappa shape index (κ1) is 16.2. The maximum Gasteiger partial charge on any atom is 0.332 e. The molecule has 1 N–H and O–H groups in total. The summed E-state index contributed by atoms with van der Waals surface area (Å²) >= 11 is 0. The third-order valence-corrected chi connectivity index (χ3v) is 5.49. The Labute approximate surface area is 121 Å². The smallest absolute Gasteiger partial charge is 0.332 e. The van der Waals surface area contributed by atoms with Crippen molar-refractivity contribution in [3.05, 3.63) is 32.6 Å². The zero-order valence-electron chi connectivity index (χ0n) is 12.2. The number of nitrogens with one attached hydrogen (secondary N) is 1. The molecular weight excluding hydrogens is 299 g/mol. The van der Waals surface area contributed by atoms with E-state index in [9.17, 15) is 14.2 Å². The van der Waals surface area contributed by atoms with Crippen LogP contribution in [0.5, 0.6) is 0 Å². The van der Waals surface area contributed by atoms with Crippen molar-refractivity contribution < 1.29 is 18.3 Å². The maximum absolute atomic E-state index is 12.1. The van der Waals surface area contributed by atoms with Gasteiger partial charge in [-0.3, -0.25) is 18.9 Å². The Hall–Kier alpha value is -1.21. The van der Waals surface area contributed by atoms with E-state index in [0.29, 0.717) is 18.4 Å². The predicted octanol–water partition coefficient (Wildman–Crippen LogP) is 1.01. The van der Waals surface area contributed by atoms with Crippen LogP contribution in [0.15, 0.2) is 15.8 Å². The van der Waals surface area contributed by atoms with Gasteiger partial charge < -0.3 is 13.8 Å². The SMILES string of the molecule is COP(=O)(C[C@@H]1CC[C@H](n2cc(C)c(=O)[nH]c2=O)O1)OC. The fourth-order valence-corrected chi connectivity index (χ4v) is 3.51. The van der Waals surface area contributed by atoms with Crippen molar-refractivity contribution in [2.24, 2.45) is 0 Å². The average molecular weight is 318 g/mol. The Kier molecular flexibility index (Phi) is 4.83. The summed E-state index contributed by atoms with van der Waals surface area (Å²) in [6, 6.07) is 0. The molecule has 1 saturated heterocycles. The molecule has 0 radical (unpaired) electrons. The van der Waals surface area contributed by atoms with Gasteiger partial charge in [0, 0.05) is 26.0 Å². The largest absolute Gasteiger partial charge is 0.354 e. The van der Waals surface area contributed by atoms with Crippen LogP contribution in [0.3, 0.4) is 0 Å². The zero-order valence-corrected chi connectivity index (χ0v) is 13.1. The fraction of sp³-hybridized carbons (Fsp3) is 0.667. The van der Waals surface area contributed by atoms with E-state index in [1.54, 1.807) is 6.92 Å². The minimum Gasteiger partial charge on any atom is -0.354 e. The summed E-state index contributed by atoms with van der Waals surface area (Å²) in [7, 11) is -0.496. The number of aromatic nitrogens is 2. The molecule has 0 saturated carbocycles. The molecule has 1 fully saturated rings. The van der Waals surface area contributed by atoms with Crippen LogP contribution in [0, 0.1) is 6.92 Å². The first-order chi connectivity index (χ1) is 9.88. The highest BCUT2D eigenvalue weighted by Gasteiger charge is 2.34. The van der Waals surface area contributed by atoms with E-state index >= 15 is 0 Å². The van der Waals surface area contributed by atoms with Gasteiger partial charge in [-0.25, -0.2) is 4.79 Å². The van der Waals surface area contributed by atoms with E-state index < -0.39 is 25.1 Å². The zero-order chi connectivity index (χ0) is 15.6. The fourth-order valence-electron chi connectivity index (χ4n) is 2.30. The first-order valence-corrected chi connectivity index (χ1v) is 8.29. The lowest BCUT2D eigenvalue weighted by atomic mass is 10.2. The molecule has 1 aliphatic rings. The van der Waals surface area contributed by atoms with Gasteiger partial charge in [0.2, 0.25) is 0 Å². The molecule has 2 heterocycles. The number of nitrogens with zero attached hydrogens (tertiary/aromatic N) is 1. The van der Waals surface area contributed by atoms with Gasteiger partial charge in [0.15, 0.2) is 0 Å². The van der Waals surface area contributed by atoms with Crippen molar-refractivity contribution in [1.82, 2.24) is 9.55 Å². The van der Waals surface area contributed by atoms with Gasteiger partial charge in [0.1, 0.15) is 6.23 Å². The number of rotatable bonds is 5. The third-order valence-electron chi connectivity index (χ3n) is 3.52. The van der Waals surface area contributed by atoms with Crippen LogP contribution in [-0.4, -0.2) is 36.0 Å². The highest BCUT2D eigenvalue weighted by atomic mass is 31.2. The van der Waals surface area contributed by atoms with Crippen LogP contribution in [0.2, 0.25) is 0 Å². The van der Waals surface area contributed by atoms with E-state index in [0.717, 1.165) is 0 Å². The summed E-state index contributed by atoms with van der Waals surface area (Å²) in [6.45, 7) is 1.62. The number of hydrogen-bond acceptors (Lipinski definition) is 6. The molecule has 0 aliphatic carbocycles. The molecule has 0 amide bonds. The van der Waals surface area contributed by atoms with Crippen molar-refractivity contribution >= 4 is 7.60 Å². The second-order valence-corrected chi connectivity index (χ2v) is 7.24. The van der Waals surface area contributed by atoms with Gasteiger partial charge in [-0.1, -0.05) is 0 Å². The monoisotopic (exact) mass is 318 g/mol. The molecule has 0 bridgehead atoms. The van der Waals surface area contributed by atoms with Gasteiger partial charge in [0.25, 0.3) is 5.56 Å². The van der Waals surface area contributed by atoms with Crippen LogP contribution < -0.4 is 11.2 Å². The number of H-pyrrole nitrogens is 1. The summed E-state index contributed by atoms with van der Waals surface area (Å²) in [5.74, 6) is 0. The van der Waals surface area contributed by atoms with Gasteiger partial charge in [-0.15, -0.1) is 0 Å². The Morgan fingerprint density at radius 3 is 2.67 bits per heavy atom. The van der Waals surface area contributed by atoms with Crippen molar-refractivity contribution in [3.63, 3.8) is 0 Å². The summed E-state index contributed by atoms with van der Waals surface area (Å²) in [5.41, 5.74) is -0.493. The predicted molar refractivity (Wildman–Crippen MR) is 75.7 cm³/mol. The summed E-state index contributed by atoms with van der Waals surface area (Å²) in [5, 5.41) is 0. The van der Waals surface area contributed by atoms with Gasteiger partial charge >= 0.3 is 13.3 Å². The van der Waals surface area contributed by atoms with Gasteiger partial charge in [0.05, 0.1) is 12.3 Å². The Balaban J connectivity index is 2.13. The molecule has 0 unspecified atom stereocenters. The molecule has 1 aliphatic heterocycles. The standard InChI is InChI=1S/C12H19N2O6P/c1-8-6-14(12(16)13-11(8)15)10-5-4-9(20-10)7-21(17,18-2)19-3/h6,9-10H,4-5,7H2,1-3H3,(H,13,15,16)/t9-,10+/m0/s1. The van der Waals surface area contributed by atoms with Crippen molar-refractivity contribution in [2.45, 2.75) is 32.1 Å². The number of ether oxygens (including phenoxy) is 1. The first-order valence-electron chi connectivity index (χ1n) is 6.56. The number of aromatic amines is 1. The van der Waals surface area contributed by atoms with E-state index in [2.05, 4.69) is 4.98 Å². The molecule has 21 heavy (non-hydrogen) atoms. The Morgan fingerprint density at radius 2 is 2.05 bits per heavy atom. The molecule has 0 aromatic carbocycles. The molecule has 2 rings (SSSR count). The number of aryl methyl sites for hydroxylation is 1. The van der Waals surface area contributed by atoms with E-state index in [-0.39, 0.29) is 12.3 Å². The quantitative estimate of drug-likeness (QED) is 0.813. The Morgan fingerprint density at radius 1 is 1.38 bits per heavy atom. The molecule has 9 heteroatoms. The van der Waals surface area contributed by atoms with Crippen LogP contribution in [-0.2, 0) is 18.3 Å². The molecule has 2 atom stereocenters. The molecule has 1 aromatic rings. The molecule has 118 valence electrons. The third kappa shape index (κ3) is 3.52. The highest BCUT2D eigenvalue weighted by Crippen LogP contribution is 2.49. The van der Waals surface area contributed by atoms with Crippen LogP contribution in [0.25, 0.3) is 0 Å². The lowest BCUT2D eigenvalue weighted by Crippen LogP contribution is -2.33. The second kappa shape index (κ2) is 6.27. The summed E-state index contributed by atoms with van der Waals surface area (Å²) < 4.78 is 28.9. The van der Waals surface area contributed by atoms with Gasteiger partial charge in [-0.2, -0.15) is 0 Å². The van der Waals surface area contributed by atoms with Gasteiger partial charge in [-0.05, 0) is 19.8 Å². The number of hydrogen-bond donors (Lipinski definition) is 1. The van der Waals surface area contributed by atoms with Crippen molar-refractivity contribution in [2.75, 3.05) is 20.4 Å². The normalized spacial score (nSPS) is 22.6. The average Bonchev–Trinajstić information content (AvgIpc) is 2.90. The topological polar surface area (TPSA) is 99.6 Å². The van der Waals surface area contributed by atoms with Crippen molar-refractivity contribution in [1.29, 1.82) is 0 Å². The highest BCUT2D eigenvalue weighted by molar-refractivity contribution is 7.53. The molecular formula is C12H19N2O6P. The van der Waals surface area contributed by atoms with Crippen LogP contribution in [0.1, 0.15) is 24.6 Å². The second-order valence-electron chi connectivity index (χ2n) is 4.93. The minimum atomic E-state index is -3.15. The van der Waals surface area contributed by atoms with Crippen molar-refractivity contribution in [3.8, 4) is 0 Å². The lowest BCUT2D eigenvalue weighted by Gasteiger charge is -2.19. The maximum atomic E-state index is 12.1. The summed E-state index contributed by atoms with van der Waals surface area (Å²) in [6.07, 6.45) is 2.02. The van der Waals surface area contributed by atoms with E-state index in [1.165, 1.54) is 25.0 Å². The van der Waals surface area contributed by atoms with Crippen LogP contribution in [0.4, 0.5) is 0 Å².